The molecule has 0 fully saturated rings. The molecule has 0 aliphatic carbocycles. The fourth-order valence-corrected chi connectivity index (χ4v) is 2.82. The quantitative estimate of drug-likeness (QED) is 0.410. The van der Waals surface area contributed by atoms with Gasteiger partial charge in [-0.25, -0.2) is 5.84 Å². The van der Waals surface area contributed by atoms with E-state index in [9.17, 15) is 22.8 Å². The second kappa shape index (κ2) is 7.17. The summed E-state index contributed by atoms with van der Waals surface area (Å²) in [4.78, 5) is 24.5. The third-order valence-corrected chi connectivity index (χ3v) is 4.22. The van der Waals surface area contributed by atoms with Gasteiger partial charge < -0.3 is 4.57 Å². The lowest BCUT2D eigenvalue weighted by Gasteiger charge is -2.15. The predicted octanol–water partition coefficient (Wildman–Crippen LogP) is 2.54. The van der Waals surface area contributed by atoms with Gasteiger partial charge in [-0.05, 0) is 35.9 Å². The second-order valence-electron chi connectivity index (χ2n) is 6.01. The minimum absolute atomic E-state index is 0.0257. The number of rotatable bonds is 3. The van der Waals surface area contributed by atoms with Gasteiger partial charge >= 0.3 is 6.18 Å². The molecule has 3 aromatic rings. The highest BCUT2D eigenvalue weighted by Gasteiger charge is 2.31. The van der Waals surface area contributed by atoms with E-state index >= 15 is 0 Å². The molecule has 9 heteroatoms. The molecular weight excluding hydrogens is 373 g/mol. The minimum Gasteiger partial charge on any atom is -0.342 e. The molecule has 1 amide bonds. The number of hydrazine groups is 1. The molecule has 142 valence electrons. The molecule has 0 saturated heterocycles. The predicted molar refractivity (Wildman–Crippen MR) is 95.1 cm³/mol. The normalized spacial score (nSPS) is 11.2. The number of halogens is 3. The zero-order valence-corrected chi connectivity index (χ0v) is 14.2. The molecule has 0 saturated carbocycles. The summed E-state index contributed by atoms with van der Waals surface area (Å²) in [6.45, 7) is 0.0780. The summed E-state index contributed by atoms with van der Waals surface area (Å²) >= 11 is 0. The Bertz CT molecular complexity index is 1160. The molecule has 0 radical (unpaired) electrons. The van der Waals surface area contributed by atoms with Crippen LogP contribution >= 0.6 is 0 Å². The molecule has 0 unspecified atom stereocenters. The Morgan fingerprint density at radius 1 is 1.18 bits per heavy atom. The third kappa shape index (κ3) is 3.58. The summed E-state index contributed by atoms with van der Waals surface area (Å²) in [5, 5.41) is 8.83. The first-order valence-corrected chi connectivity index (χ1v) is 7.99. The number of nitrogen functional groups attached to an aromatic ring is 1. The minimum atomic E-state index is -4.59. The van der Waals surface area contributed by atoms with Crippen molar-refractivity contribution in [3.05, 3.63) is 81.1 Å². The number of fused-ring (bicyclic) bond motifs is 1. The molecule has 1 heterocycles. The van der Waals surface area contributed by atoms with Crippen molar-refractivity contribution in [2.45, 2.75) is 12.7 Å². The van der Waals surface area contributed by atoms with Gasteiger partial charge in [0.2, 0.25) is 5.43 Å². The number of alkyl halides is 3. The third-order valence-electron chi connectivity index (χ3n) is 4.22. The molecule has 3 N–H and O–H groups in total. The Balaban J connectivity index is 2.24. The van der Waals surface area contributed by atoms with Gasteiger partial charge in [-0.15, -0.1) is 0 Å². The topological polar surface area (TPSA) is 101 Å². The Kier molecular flexibility index (Phi) is 4.90. The summed E-state index contributed by atoms with van der Waals surface area (Å²) in [5.41, 5.74) is 1.06. The van der Waals surface area contributed by atoms with E-state index in [1.165, 1.54) is 10.8 Å². The Morgan fingerprint density at radius 2 is 1.86 bits per heavy atom. The summed E-state index contributed by atoms with van der Waals surface area (Å²) in [6.07, 6.45) is -3.41. The lowest BCUT2D eigenvalue weighted by molar-refractivity contribution is -0.137. The summed E-state index contributed by atoms with van der Waals surface area (Å²) in [5.74, 6) is 4.26. The number of pyridine rings is 1. The number of nitrogens with zero attached hydrogens (tertiary/aromatic N) is 2. The van der Waals surface area contributed by atoms with Gasteiger partial charge in [0.15, 0.2) is 0 Å². The van der Waals surface area contributed by atoms with Crippen LogP contribution in [0.15, 0.2) is 53.5 Å². The van der Waals surface area contributed by atoms with Crippen molar-refractivity contribution in [3.8, 4) is 6.07 Å². The van der Waals surface area contributed by atoms with Crippen molar-refractivity contribution < 1.29 is 18.0 Å². The van der Waals surface area contributed by atoms with Crippen LogP contribution < -0.4 is 16.7 Å². The van der Waals surface area contributed by atoms with Crippen molar-refractivity contribution >= 4 is 16.8 Å². The molecule has 0 aliphatic heterocycles. The molecule has 0 bridgehead atoms. The van der Waals surface area contributed by atoms with E-state index in [1.807, 2.05) is 11.5 Å². The maximum Gasteiger partial charge on any atom is 0.416 e. The first-order valence-electron chi connectivity index (χ1n) is 7.99. The number of hydrogen-bond acceptors (Lipinski definition) is 4. The van der Waals surface area contributed by atoms with Gasteiger partial charge in [-0.2, -0.15) is 18.4 Å². The zero-order chi connectivity index (χ0) is 20.5. The van der Waals surface area contributed by atoms with Crippen molar-refractivity contribution in [1.82, 2.24) is 9.99 Å². The number of nitrogens with two attached hydrogens (primary N) is 1. The average molecular weight is 386 g/mol. The SMILES string of the molecule is N#Cc1ccc(Cn2cc(C(=O)NN)c(=O)c3ccc(C(F)(F)F)cc32)cc1. The molecule has 1 aromatic heterocycles. The molecule has 28 heavy (non-hydrogen) atoms. The largest absolute Gasteiger partial charge is 0.416 e. The van der Waals surface area contributed by atoms with Crippen molar-refractivity contribution in [3.63, 3.8) is 0 Å². The molecule has 6 nitrogen and oxygen atoms in total. The molecular formula is C19H13F3N4O2. The van der Waals surface area contributed by atoms with Gasteiger partial charge in [0.1, 0.15) is 5.56 Å². The van der Waals surface area contributed by atoms with Crippen LogP contribution in [0.25, 0.3) is 10.9 Å². The van der Waals surface area contributed by atoms with E-state index in [-0.39, 0.29) is 23.0 Å². The van der Waals surface area contributed by atoms with Crippen molar-refractivity contribution in [2.24, 2.45) is 5.84 Å². The lowest BCUT2D eigenvalue weighted by atomic mass is 10.1. The summed E-state index contributed by atoms with van der Waals surface area (Å²) in [6, 6.07) is 11.1. The van der Waals surface area contributed by atoms with Crippen LogP contribution in [-0.2, 0) is 12.7 Å². The fraction of sp³-hybridized carbons (Fsp3) is 0.105. The Labute approximate surface area is 156 Å². The summed E-state index contributed by atoms with van der Waals surface area (Å²) < 4.78 is 40.7. The first kappa shape index (κ1) is 19.1. The number of benzene rings is 2. The van der Waals surface area contributed by atoms with E-state index < -0.39 is 23.1 Å². The average Bonchev–Trinajstić information content (AvgIpc) is 2.69. The van der Waals surface area contributed by atoms with Crippen LogP contribution in [0.1, 0.15) is 27.0 Å². The molecule has 2 aromatic carbocycles. The van der Waals surface area contributed by atoms with E-state index in [0.717, 1.165) is 18.2 Å². The zero-order valence-electron chi connectivity index (χ0n) is 14.2. The van der Waals surface area contributed by atoms with E-state index in [1.54, 1.807) is 24.3 Å². The highest BCUT2D eigenvalue weighted by molar-refractivity contribution is 5.97. The van der Waals surface area contributed by atoms with Crippen LogP contribution in [0, 0.1) is 11.3 Å². The number of carbonyl (C=O) groups excluding carboxylic acids is 1. The Morgan fingerprint density at radius 3 is 2.43 bits per heavy atom. The van der Waals surface area contributed by atoms with Gasteiger partial charge in [-0.1, -0.05) is 12.1 Å². The van der Waals surface area contributed by atoms with Gasteiger partial charge in [0, 0.05) is 18.1 Å². The van der Waals surface area contributed by atoms with E-state index in [4.69, 9.17) is 11.1 Å². The maximum absolute atomic E-state index is 13.1. The smallest absolute Gasteiger partial charge is 0.342 e. The number of nitriles is 1. The highest BCUT2D eigenvalue weighted by atomic mass is 19.4. The first-order chi connectivity index (χ1) is 13.2. The number of carbonyl (C=O) groups is 1. The van der Waals surface area contributed by atoms with Crippen LogP contribution in [0.3, 0.4) is 0 Å². The van der Waals surface area contributed by atoms with Crippen molar-refractivity contribution in [2.75, 3.05) is 0 Å². The number of nitrogens with one attached hydrogen (secondary N) is 1. The highest BCUT2D eigenvalue weighted by Crippen LogP contribution is 2.31. The van der Waals surface area contributed by atoms with Crippen LogP contribution in [0.4, 0.5) is 13.2 Å². The lowest BCUT2D eigenvalue weighted by Crippen LogP contribution is -2.34. The number of amides is 1. The summed E-state index contributed by atoms with van der Waals surface area (Å²) in [7, 11) is 0. The second-order valence-corrected chi connectivity index (χ2v) is 6.01. The van der Waals surface area contributed by atoms with Gasteiger partial charge in [0.25, 0.3) is 5.91 Å². The number of aromatic nitrogens is 1. The molecule has 0 aliphatic rings. The van der Waals surface area contributed by atoms with Crippen LogP contribution in [0.2, 0.25) is 0 Å². The maximum atomic E-state index is 13.1. The van der Waals surface area contributed by atoms with E-state index in [2.05, 4.69) is 0 Å². The van der Waals surface area contributed by atoms with Crippen LogP contribution in [-0.4, -0.2) is 10.5 Å². The van der Waals surface area contributed by atoms with Crippen LogP contribution in [0.5, 0.6) is 0 Å². The molecule has 0 atom stereocenters. The molecule has 0 spiro atoms. The van der Waals surface area contributed by atoms with E-state index in [0.29, 0.717) is 11.1 Å². The standard InChI is InChI=1S/C19H13F3N4O2/c20-19(21,22)13-5-6-14-16(7-13)26(10-15(17(14)27)18(28)25-24)9-12-3-1-11(8-23)2-4-12/h1-7,10H,9,24H2,(H,25,28). The van der Waals surface area contributed by atoms with Crippen molar-refractivity contribution in [1.29, 1.82) is 5.26 Å². The number of hydrogen-bond donors (Lipinski definition) is 2. The monoisotopic (exact) mass is 386 g/mol. The fourth-order valence-electron chi connectivity index (χ4n) is 2.82. The van der Waals surface area contributed by atoms with Gasteiger partial charge in [-0.3, -0.25) is 15.0 Å². The Hall–Kier alpha value is -3.64. The molecule has 3 rings (SSSR count). The van der Waals surface area contributed by atoms with Gasteiger partial charge in [0.05, 0.1) is 22.7 Å².